The van der Waals surface area contributed by atoms with Crippen LogP contribution in [0.1, 0.15) is 30.0 Å². The normalized spacial score (nSPS) is 10.6. The summed E-state index contributed by atoms with van der Waals surface area (Å²) in [6, 6.07) is 0. The number of carbonyl (C=O) groups is 1. The summed E-state index contributed by atoms with van der Waals surface area (Å²) in [5, 5.41) is 8.06. The Morgan fingerprint density at radius 2 is 2.28 bits per heavy atom. The number of nitrogens with zero attached hydrogens (tertiary/aromatic N) is 3. The standard InChI is InChI=1S/C12H15N3O3/c1-4-15-7-9(6-13-15)11-10(8(3)18-14-11)12(16)17-5-2/h6-7H,4-5H2,1-3H3. The van der Waals surface area contributed by atoms with Gasteiger partial charge in [-0.3, -0.25) is 4.68 Å². The Balaban J connectivity index is 2.42. The van der Waals surface area contributed by atoms with Gasteiger partial charge in [0.15, 0.2) is 0 Å². The first-order valence-corrected chi connectivity index (χ1v) is 5.83. The molecule has 0 radical (unpaired) electrons. The molecule has 0 aromatic carbocycles. The third-order valence-electron chi connectivity index (χ3n) is 2.57. The van der Waals surface area contributed by atoms with E-state index in [1.165, 1.54) is 0 Å². The minimum Gasteiger partial charge on any atom is -0.462 e. The first kappa shape index (κ1) is 12.3. The van der Waals surface area contributed by atoms with E-state index in [0.717, 1.165) is 12.1 Å². The third-order valence-corrected chi connectivity index (χ3v) is 2.57. The predicted octanol–water partition coefficient (Wildman–Crippen LogP) is 2.04. The van der Waals surface area contributed by atoms with E-state index in [0.29, 0.717) is 23.6 Å². The smallest absolute Gasteiger partial charge is 0.344 e. The van der Waals surface area contributed by atoms with Crippen LogP contribution in [0.4, 0.5) is 0 Å². The van der Waals surface area contributed by atoms with E-state index in [-0.39, 0.29) is 0 Å². The van der Waals surface area contributed by atoms with Gasteiger partial charge in [-0.15, -0.1) is 0 Å². The molecule has 0 saturated heterocycles. The van der Waals surface area contributed by atoms with Crippen molar-refractivity contribution in [2.45, 2.75) is 27.3 Å². The molecule has 0 amide bonds. The molecule has 0 aliphatic heterocycles. The van der Waals surface area contributed by atoms with Crippen LogP contribution in [0.3, 0.4) is 0 Å². The molecule has 2 rings (SSSR count). The van der Waals surface area contributed by atoms with Crippen LogP contribution in [0.5, 0.6) is 0 Å². The lowest BCUT2D eigenvalue weighted by atomic mass is 10.1. The molecule has 0 bridgehead atoms. The average molecular weight is 249 g/mol. The summed E-state index contributed by atoms with van der Waals surface area (Å²) >= 11 is 0. The molecule has 0 fully saturated rings. The number of aromatic nitrogens is 3. The van der Waals surface area contributed by atoms with Crippen molar-refractivity contribution in [3.8, 4) is 11.3 Å². The van der Waals surface area contributed by atoms with Crippen molar-refractivity contribution >= 4 is 5.97 Å². The van der Waals surface area contributed by atoms with Gasteiger partial charge < -0.3 is 9.26 Å². The number of carbonyl (C=O) groups excluding carboxylic acids is 1. The van der Waals surface area contributed by atoms with Crippen LogP contribution in [-0.2, 0) is 11.3 Å². The minimum atomic E-state index is -0.421. The zero-order valence-corrected chi connectivity index (χ0v) is 10.6. The fraction of sp³-hybridized carbons (Fsp3) is 0.417. The van der Waals surface area contributed by atoms with Gasteiger partial charge in [0.2, 0.25) is 0 Å². The Labute approximate surface area is 105 Å². The van der Waals surface area contributed by atoms with E-state index in [1.54, 1.807) is 24.7 Å². The Kier molecular flexibility index (Phi) is 3.45. The van der Waals surface area contributed by atoms with Crippen molar-refractivity contribution in [2.24, 2.45) is 0 Å². The van der Waals surface area contributed by atoms with E-state index in [4.69, 9.17) is 9.26 Å². The molecule has 0 unspecified atom stereocenters. The highest BCUT2D eigenvalue weighted by Gasteiger charge is 2.23. The zero-order chi connectivity index (χ0) is 13.1. The van der Waals surface area contributed by atoms with Crippen LogP contribution in [0.25, 0.3) is 11.3 Å². The highest BCUT2D eigenvalue weighted by atomic mass is 16.5. The molecular weight excluding hydrogens is 234 g/mol. The minimum absolute atomic E-state index is 0.317. The van der Waals surface area contributed by atoms with E-state index >= 15 is 0 Å². The molecule has 0 spiro atoms. The molecule has 96 valence electrons. The van der Waals surface area contributed by atoms with Crippen LogP contribution in [0, 0.1) is 6.92 Å². The second-order valence-corrected chi connectivity index (χ2v) is 3.77. The van der Waals surface area contributed by atoms with Crippen molar-refractivity contribution < 1.29 is 14.1 Å². The Hall–Kier alpha value is -2.11. The second kappa shape index (κ2) is 5.03. The maximum atomic E-state index is 11.8. The SMILES string of the molecule is CCOC(=O)c1c(-c2cnn(CC)c2)noc1C. The average Bonchev–Trinajstić information content (AvgIpc) is 2.95. The van der Waals surface area contributed by atoms with Gasteiger partial charge in [-0.1, -0.05) is 5.16 Å². The van der Waals surface area contributed by atoms with Crippen LogP contribution >= 0.6 is 0 Å². The van der Waals surface area contributed by atoms with Gasteiger partial charge in [0.25, 0.3) is 0 Å². The van der Waals surface area contributed by atoms with Gasteiger partial charge >= 0.3 is 5.97 Å². The Bertz CT molecular complexity index is 557. The van der Waals surface area contributed by atoms with Gasteiger partial charge in [-0.05, 0) is 20.8 Å². The van der Waals surface area contributed by atoms with Crippen LogP contribution in [0.2, 0.25) is 0 Å². The van der Waals surface area contributed by atoms with E-state index in [2.05, 4.69) is 10.3 Å². The summed E-state index contributed by atoms with van der Waals surface area (Å²) in [6.45, 7) is 6.50. The predicted molar refractivity (Wildman–Crippen MR) is 64.1 cm³/mol. The van der Waals surface area contributed by atoms with Crippen molar-refractivity contribution in [1.29, 1.82) is 0 Å². The van der Waals surface area contributed by atoms with Crippen molar-refractivity contribution in [2.75, 3.05) is 6.61 Å². The molecule has 0 saturated carbocycles. The maximum absolute atomic E-state index is 11.8. The lowest BCUT2D eigenvalue weighted by Gasteiger charge is -2.00. The summed E-state index contributed by atoms with van der Waals surface area (Å²) in [7, 11) is 0. The second-order valence-electron chi connectivity index (χ2n) is 3.77. The lowest BCUT2D eigenvalue weighted by Crippen LogP contribution is -2.06. The highest BCUT2D eigenvalue weighted by Crippen LogP contribution is 2.25. The molecule has 2 aromatic heterocycles. The highest BCUT2D eigenvalue weighted by molar-refractivity contribution is 5.96. The molecule has 6 nitrogen and oxygen atoms in total. The number of hydrogen-bond acceptors (Lipinski definition) is 5. The molecule has 18 heavy (non-hydrogen) atoms. The molecule has 2 aromatic rings. The summed E-state index contributed by atoms with van der Waals surface area (Å²) in [5.41, 5.74) is 1.59. The molecular formula is C12H15N3O3. The van der Waals surface area contributed by atoms with Gasteiger partial charge in [0, 0.05) is 18.3 Å². The summed E-state index contributed by atoms with van der Waals surface area (Å²) in [6.07, 6.45) is 3.48. The Morgan fingerprint density at radius 3 is 2.89 bits per heavy atom. The number of hydrogen-bond donors (Lipinski definition) is 0. The molecule has 0 aliphatic carbocycles. The zero-order valence-electron chi connectivity index (χ0n) is 10.6. The van der Waals surface area contributed by atoms with Crippen LogP contribution in [-0.4, -0.2) is 27.5 Å². The fourth-order valence-corrected chi connectivity index (χ4v) is 1.67. The Morgan fingerprint density at radius 1 is 1.50 bits per heavy atom. The number of aryl methyl sites for hydroxylation is 2. The molecule has 0 N–H and O–H groups in total. The molecule has 2 heterocycles. The maximum Gasteiger partial charge on any atom is 0.344 e. The first-order chi connectivity index (χ1) is 8.67. The molecule has 6 heteroatoms. The third kappa shape index (κ3) is 2.13. The lowest BCUT2D eigenvalue weighted by molar-refractivity contribution is 0.0525. The van der Waals surface area contributed by atoms with Crippen LogP contribution < -0.4 is 0 Å². The van der Waals surface area contributed by atoms with Crippen LogP contribution in [0.15, 0.2) is 16.9 Å². The largest absolute Gasteiger partial charge is 0.462 e. The monoisotopic (exact) mass is 249 g/mol. The van der Waals surface area contributed by atoms with E-state index < -0.39 is 5.97 Å². The van der Waals surface area contributed by atoms with Crippen molar-refractivity contribution in [3.05, 3.63) is 23.7 Å². The van der Waals surface area contributed by atoms with Gasteiger partial charge in [-0.25, -0.2) is 4.79 Å². The quantitative estimate of drug-likeness (QED) is 0.775. The fourth-order valence-electron chi connectivity index (χ4n) is 1.67. The molecule has 0 aliphatic rings. The van der Waals surface area contributed by atoms with E-state index in [9.17, 15) is 4.79 Å². The van der Waals surface area contributed by atoms with Gasteiger partial charge in [0.05, 0.1) is 12.8 Å². The van der Waals surface area contributed by atoms with Crippen molar-refractivity contribution in [3.63, 3.8) is 0 Å². The van der Waals surface area contributed by atoms with E-state index in [1.807, 2.05) is 13.1 Å². The van der Waals surface area contributed by atoms with Gasteiger partial charge in [0.1, 0.15) is 17.0 Å². The summed E-state index contributed by atoms with van der Waals surface area (Å²) in [5.74, 6) is 0.0307. The summed E-state index contributed by atoms with van der Waals surface area (Å²) < 4.78 is 11.8. The molecule has 0 atom stereocenters. The van der Waals surface area contributed by atoms with Crippen molar-refractivity contribution in [1.82, 2.24) is 14.9 Å². The topological polar surface area (TPSA) is 70.2 Å². The number of ether oxygens (including phenoxy) is 1. The number of rotatable bonds is 4. The van der Waals surface area contributed by atoms with Gasteiger partial charge in [-0.2, -0.15) is 5.10 Å². The summed E-state index contributed by atoms with van der Waals surface area (Å²) in [4.78, 5) is 11.8. The first-order valence-electron chi connectivity index (χ1n) is 5.83. The number of esters is 1.